The molecule has 0 aliphatic rings. The molecular weight excluding hydrogens is 178 g/mol. The molecular formula is C11H15NO2. The summed E-state index contributed by atoms with van der Waals surface area (Å²) in [6.45, 7) is 2.62. The second kappa shape index (κ2) is 4.77. The Morgan fingerprint density at radius 2 is 2.21 bits per heavy atom. The number of aryl methyl sites for hydroxylation is 2. The molecule has 0 aliphatic carbocycles. The molecule has 0 aromatic heterocycles. The van der Waals surface area contributed by atoms with Crippen LogP contribution in [0.4, 0.5) is 0 Å². The van der Waals surface area contributed by atoms with Crippen LogP contribution in [-0.4, -0.2) is 17.6 Å². The Kier molecular flexibility index (Phi) is 3.65. The van der Waals surface area contributed by atoms with Gasteiger partial charge in [-0.3, -0.25) is 0 Å². The van der Waals surface area contributed by atoms with E-state index in [1.165, 1.54) is 0 Å². The zero-order valence-corrected chi connectivity index (χ0v) is 8.29. The van der Waals surface area contributed by atoms with Gasteiger partial charge >= 0.3 is 5.97 Å². The fourth-order valence-electron chi connectivity index (χ4n) is 1.37. The van der Waals surface area contributed by atoms with Crippen LogP contribution in [0.3, 0.4) is 0 Å². The van der Waals surface area contributed by atoms with Gasteiger partial charge in [-0.1, -0.05) is 6.07 Å². The third-order valence-corrected chi connectivity index (χ3v) is 2.25. The highest BCUT2D eigenvalue weighted by molar-refractivity contribution is 5.87. The van der Waals surface area contributed by atoms with E-state index in [0.29, 0.717) is 12.1 Å². The van der Waals surface area contributed by atoms with Gasteiger partial charge < -0.3 is 10.8 Å². The van der Waals surface area contributed by atoms with E-state index in [2.05, 4.69) is 0 Å². The number of aromatic carboxylic acids is 1. The molecule has 0 fully saturated rings. The quantitative estimate of drug-likeness (QED) is 0.763. The van der Waals surface area contributed by atoms with Gasteiger partial charge in [0.1, 0.15) is 0 Å². The summed E-state index contributed by atoms with van der Waals surface area (Å²) in [5, 5.41) is 8.80. The van der Waals surface area contributed by atoms with Crippen LogP contribution in [0, 0.1) is 6.92 Å². The molecule has 1 aromatic rings. The Balaban J connectivity index is 2.90. The first-order valence-corrected chi connectivity index (χ1v) is 4.68. The van der Waals surface area contributed by atoms with Crippen molar-refractivity contribution in [2.45, 2.75) is 19.8 Å². The van der Waals surface area contributed by atoms with Crippen molar-refractivity contribution in [2.75, 3.05) is 6.54 Å². The lowest BCUT2D eigenvalue weighted by molar-refractivity contribution is 0.0697. The van der Waals surface area contributed by atoms with Crippen molar-refractivity contribution in [2.24, 2.45) is 5.73 Å². The standard InChI is InChI=1S/C11H15NO2/c1-8-4-5-10(11(13)14)7-9(8)3-2-6-12/h4-5,7H,2-3,6,12H2,1H3,(H,13,14). The van der Waals surface area contributed by atoms with Crippen molar-refractivity contribution in [1.29, 1.82) is 0 Å². The van der Waals surface area contributed by atoms with Gasteiger partial charge in [0.2, 0.25) is 0 Å². The van der Waals surface area contributed by atoms with Crippen LogP contribution in [0.5, 0.6) is 0 Å². The molecule has 0 spiro atoms. The van der Waals surface area contributed by atoms with Crippen LogP contribution < -0.4 is 5.73 Å². The molecule has 0 radical (unpaired) electrons. The molecule has 76 valence electrons. The molecule has 1 aromatic carbocycles. The number of hydrogen-bond donors (Lipinski definition) is 2. The molecule has 14 heavy (non-hydrogen) atoms. The summed E-state index contributed by atoms with van der Waals surface area (Å²) in [7, 11) is 0. The van der Waals surface area contributed by atoms with Crippen molar-refractivity contribution >= 4 is 5.97 Å². The highest BCUT2D eigenvalue weighted by atomic mass is 16.4. The minimum Gasteiger partial charge on any atom is -0.478 e. The zero-order valence-electron chi connectivity index (χ0n) is 8.29. The molecule has 0 unspecified atom stereocenters. The number of nitrogens with two attached hydrogens (primary N) is 1. The number of carboxylic acids is 1. The van der Waals surface area contributed by atoms with Crippen LogP contribution in [0.1, 0.15) is 27.9 Å². The maximum atomic E-state index is 10.7. The average Bonchev–Trinajstić information content (AvgIpc) is 2.16. The van der Waals surface area contributed by atoms with Crippen LogP contribution in [0.25, 0.3) is 0 Å². The minimum atomic E-state index is -0.876. The van der Waals surface area contributed by atoms with Gasteiger partial charge in [-0.2, -0.15) is 0 Å². The van der Waals surface area contributed by atoms with Crippen LogP contribution in [0.15, 0.2) is 18.2 Å². The molecule has 0 amide bonds. The Labute approximate surface area is 83.6 Å². The van der Waals surface area contributed by atoms with Crippen molar-refractivity contribution in [1.82, 2.24) is 0 Å². The van der Waals surface area contributed by atoms with E-state index in [4.69, 9.17) is 10.8 Å². The molecule has 0 bridgehead atoms. The molecule has 0 heterocycles. The summed E-state index contributed by atoms with van der Waals surface area (Å²) in [4.78, 5) is 10.7. The summed E-state index contributed by atoms with van der Waals surface area (Å²) >= 11 is 0. The highest BCUT2D eigenvalue weighted by Gasteiger charge is 2.05. The highest BCUT2D eigenvalue weighted by Crippen LogP contribution is 2.13. The van der Waals surface area contributed by atoms with E-state index in [9.17, 15) is 4.79 Å². The van der Waals surface area contributed by atoms with Crippen molar-refractivity contribution in [3.8, 4) is 0 Å². The van der Waals surface area contributed by atoms with Gasteiger partial charge in [0, 0.05) is 0 Å². The molecule has 0 saturated carbocycles. The fourth-order valence-corrected chi connectivity index (χ4v) is 1.37. The summed E-state index contributed by atoms with van der Waals surface area (Å²) in [5.41, 5.74) is 7.96. The van der Waals surface area contributed by atoms with Crippen molar-refractivity contribution < 1.29 is 9.90 Å². The third-order valence-electron chi connectivity index (χ3n) is 2.25. The third kappa shape index (κ3) is 2.57. The summed E-state index contributed by atoms with van der Waals surface area (Å²) in [6.07, 6.45) is 1.74. The number of rotatable bonds is 4. The maximum Gasteiger partial charge on any atom is 0.335 e. The number of carboxylic acid groups (broad SMARTS) is 1. The lowest BCUT2D eigenvalue weighted by Gasteiger charge is -2.05. The second-order valence-electron chi connectivity index (χ2n) is 3.34. The first kappa shape index (κ1) is 10.7. The topological polar surface area (TPSA) is 63.3 Å². The van der Waals surface area contributed by atoms with Gasteiger partial charge in [-0.15, -0.1) is 0 Å². The van der Waals surface area contributed by atoms with E-state index in [1.54, 1.807) is 12.1 Å². The van der Waals surface area contributed by atoms with Crippen LogP contribution in [0.2, 0.25) is 0 Å². The lowest BCUT2D eigenvalue weighted by atomic mass is 10.0. The van der Waals surface area contributed by atoms with Gasteiger partial charge in [0.25, 0.3) is 0 Å². The Bertz CT molecular complexity index is 334. The number of carbonyl (C=O) groups is 1. The summed E-state index contributed by atoms with van der Waals surface area (Å²) in [6, 6.07) is 5.20. The van der Waals surface area contributed by atoms with Gasteiger partial charge in [0.05, 0.1) is 5.56 Å². The van der Waals surface area contributed by atoms with Crippen LogP contribution >= 0.6 is 0 Å². The lowest BCUT2D eigenvalue weighted by Crippen LogP contribution is -2.03. The molecule has 0 saturated heterocycles. The molecule has 3 N–H and O–H groups in total. The van der Waals surface area contributed by atoms with Gasteiger partial charge in [-0.25, -0.2) is 4.79 Å². The van der Waals surface area contributed by atoms with E-state index >= 15 is 0 Å². The van der Waals surface area contributed by atoms with Crippen molar-refractivity contribution in [3.63, 3.8) is 0 Å². The van der Waals surface area contributed by atoms with E-state index in [-0.39, 0.29) is 0 Å². The summed E-state index contributed by atoms with van der Waals surface area (Å²) in [5.74, 6) is -0.876. The monoisotopic (exact) mass is 193 g/mol. The largest absolute Gasteiger partial charge is 0.478 e. The SMILES string of the molecule is Cc1ccc(C(=O)O)cc1CCCN. The maximum absolute atomic E-state index is 10.7. The van der Waals surface area contributed by atoms with Crippen molar-refractivity contribution in [3.05, 3.63) is 34.9 Å². The molecule has 0 atom stereocenters. The number of hydrogen-bond acceptors (Lipinski definition) is 2. The van der Waals surface area contributed by atoms with Gasteiger partial charge in [0.15, 0.2) is 0 Å². The predicted octanol–water partition coefficient (Wildman–Crippen LogP) is 1.58. The summed E-state index contributed by atoms with van der Waals surface area (Å²) < 4.78 is 0. The van der Waals surface area contributed by atoms with Gasteiger partial charge in [-0.05, 0) is 49.6 Å². The Hall–Kier alpha value is -1.35. The second-order valence-corrected chi connectivity index (χ2v) is 3.34. The first-order chi connectivity index (χ1) is 6.65. The average molecular weight is 193 g/mol. The Morgan fingerprint density at radius 1 is 1.50 bits per heavy atom. The smallest absolute Gasteiger partial charge is 0.335 e. The van der Waals surface area contributed by atoms with E-state index in [1.807, 2.05) is 13.0 Å². The normalized spacial score (nSPS) is 10.1. The zero-order chi connectivity index (χ0) is 10.6. The minimum absolute atomic E-state index is 0.350. The predicted molar refractivity (Wildman–Crippen MR) is 55.5 cm³/mol. The fraction of sp³-hybridized carbons (Fsp3) is 0.364. The molecule has 1 rings (SSSR count). The molecule has 3 nitrogen and oxygen atoms in total. The number of benzene rings is 1. The Morgan fingerprint density at radius 3 is 2.79 bits per heavy atom. The first-order valence-electron chi connectivity index (χ1n) is 4.68. The molecule has 3 heteroatoms. The van der Waals surface area contributed by atoms with E-state index < -0.39 is 5.97 Å². The molecule has 0 aliphatic heterocycles. The van der Waals surface area contributed by atoms with Crippen LogP contribution in [-0.2, 0) is 6.42 Å². The van der Waals surface area contributed by atoms with E-state index in [0.717, 1.165) is 24.0 Å².